The van der Waals surface area contributed by atoms with Crippen LogP contribution in [-0.4, -0.2) is 39.5 Å². The fourth-order valence-corrected chi connectivity index (χ4v) is 1.34. The molecule has 0 aromatic rings. The van der Waals surface area contributed by atoms with Gasteiger partial charge in [0.1, 0.15) is 5.54 Å². The minimum atomic E-state index is -0.499. The summed E-state index contributed by atoms with van der Waals surface area (Å²) in [5.74, 6) is 0. The normalized spacial score (nSPS) is 11.3. The summed E-state index contributed by atoms with van der Waals surface area (Å²) in [6.07, 6.45) is 1.38. The quantitative estimate of drug-likeness (QED) is 0.633. The molecule has 0 heterocycles. The van der Waals surface area contributed by atoms with Gasteiger partial charge >= 0.3 is 0 Å². The lowest BCUT2D eigenvalue weighted by Gasteiger charge is -2.26. The molecule has 0 unspecified atom stereocenters. The van der Waals surface area contributed by atoms with E-state index in [0.717, 1.165) is 6.54 Å². The van der Waals surface area contributed by atoms with Crippen LogP contribution in [0.2, 0.25) is 0 Å². The van der Waals surface area contributed by atoms with Gasteiger partial charge in [-0.2, -0.15) is 5.26 Å². The predicted octanol–water partition coefficient (Wildman–Crippen LogP) is 0.931. The highest BCUT2D eigenvalue weighted by Crippen LogP contribution is 2.14. The molecule has 0 bridgehead atoms. The first-order valence-corrected chi connectivity index (χ1v) is 4.89. The Balaban J connectivity index is 4.21. The minimum Gasteiger partial charge on any atom is -0.385 e. The van der Waals surface area contributed by atoms with Gasteiger partial charge in [-0.3, -0.25) is 5.32 Å². The molecule has 0 rings (SSSR count). The van der Waals surface area contributed by atoms with Crippen LogP contribution in [-0.2, 0) is 9.47 Å². The first-order valence-electron chi connectivity index (χ1n) is 4.89. The van der Waals surface area contributed by atoms with Crippen molar-refractivity contribution in [1.29, 1.82) is 5.26 Å². The van der Waals surface area contributed by atoms with Gasteiger partial charge in [-0.15, -0.1) is 0 Å². The van der Waals surface area contributed by atoms with E-state index in [9.17, 15) is 0 Å². The highest BCUT2D eigenvalue weighted by atomic mass is 16.5. The molecule has 0 atom stereocenters. The van der Waals surface area contributed by atoms with E-state index in [0.29, 0.717) is 26.1 Å². The second-order valence-electron chi connectivity index (χ2n) is 3.21. The largest absolute Gasteiger partial charge is 0.385 e. The minimum absolute atomic E-state index is 0.499. The molecule has 0 amide bonds. The molecule has 4 nitrogen and oxygen atoms in total. The third kappa shape index (κ3) is 4.56. The van der Waals surface area contributed by atoms with Crippen molar-refractivity contribution in [3.63, 3.8) is 0 Å². The smallest absolute Gasteiger partial charge is 0.111 e. The van der Waals surface area contributed by atoms with E-state index in [4.69, 9.17) is 14.7 Å². The van der Waals surface area contributed by atoms with E-state index < -0.39 is 5.54 Å². The molecular weight excluding hydrogens is 180 g/mol. The molecule has 0 radical (unpaired) electrons. The van der Waals surface area contributed by atoms with Crippen molar-refractivity contribution in [2.75, 3.05) is 34.0 Å². The summed E-state index contributed by atoms with van der Waals surface area (Å²) in [7, 11) is 3.29. The van der Waals surface area contributed by atoms with E-state index in [-0.39, 0.29) is 0 Å². The molecule has 0 aromatic heterocycles. The van der Waals surface area contributed by atoms with E-state index in [1.165, 1.54) is 0 Å². The van der Waals surface area contributed by atoms with Crippen LogP contribution in [0.25, 0.3) is 0 Å². The van der Waals surface area contributed by atoms with Gasteiger partial charge in [0.05, 0.1) is 6.07 Å². The van der Waals surface area contributed by atoms with Crippen LogP contribution < -0.4 is 5.32 Å². The number of methoxy groups -OCH3 is 2. The van der Waals surface area contributed by atoms with Crippen molar-refractivity contribution >= 4 is 0 Å². The van der Waals surface area contributed by atoms with Crippen LogP contribution in [0.1, 0.15) is 19.8 Å². The van der Waals surface area contributed by atoms with Gasteiger partial charge in [0, 0.05) is 40.3 Å². The molecule has 0 aliphatic carbocycles. The fraction of sp³-hybridized carbons (Fsp3) is 0.900. The molecule has 0 aromatic carbocycles. The Morgan fingerprint density at radius 2 is 1.71 bits per heavy atom. The summed E-state index contributed by atoms with van der Waals surface area (Å²) < 4.78 is 9.99. The molecule has 14 heavy (non-hydrogen) atoms. The number of nitrogens with one attached hydrogen (secondary N) is 1. The molecular formula is C10H20N2O2. The second kappa shape index (κ2) is 7.74. The third-order valence-corrected chi connectivity index (χ3v) is 2.20. The first kappa shape index (κ1) is 13.4. The van der Waals surface area contributed by atoms with E-state index in [1.807, 2.05) is 6.92 Å². The molecule has 82 valence electrons. The van der Waals surface area contributed by atoms with Gasteiger partial charge in [0.15, 0.2) is 0 Å². The zero-order valence-corrected chi connectivity index (χ0v) is 9.30. The van der Waals surface area contributed by atoms with Crippen molar-refractivity contribution < 1.29 is 9.47 Å². The van der Waals surface area contributed by atoms with Crippen molar-refractivity contribution in [2.45, 2.75) is 25.3 Å². The van der Waals surface area contributed by atoms with Crippen molar-refractivity contribution in [2.24, 2.45) is 0 Å². The number of hydrogen-bond acceptors (Lipinski definition) is 4. The molecule has 0 aliphatic rings. The summed E-state index contributed by atoms with van der Waals surface area (Å²) in [6, 6.07) is 2.32. The van der Waals surface area contributed by atoms with E-state index >= 15 is 0 Å². The first-order chi connectivity index (χ1) is 6.74. The Morgan fingerprint density at radius 1 is 1.21 bits per heavy atom. The summed E-state index contributed by atoms with van der Waals surface area (Å²) in [5, 5.41) is 12.3. The Labute approximate surface area is 86.2 Å². The molecule has 1 N–H and O–H groups in total. The topological polar surface area (TPSA) is 54.3 Å². The van der Waals surface area contributed by atoms with Crippen LogP contribution in [0.5, 0.6) is 0 Å². The Kier molecular flexibility index (Phi) is 7.40. The lowest BCUT2D eigenvalue weighted by atomic mass is 9.93. The van der Waals surface area contributed by atoms with Crippen LogP contribution in [0, 0.1) is 11.3 Å². The van der Waals surface area contributed by atoms with Gasteiger partial charge in [0.25, 0.3) is 0 Å². The fourth-order valence-electron chi connectivity index (χ4n) is 1.34. The SMILES string of the molecule is CCNC(C#N)(CCOC)CCOC. The maximum absolute atomic E-state index is 9.14. The van der Waals surface area contributed by atoms with Gasteiger partial charge in [-0.1, -0.05) is 6.92 Å². The molecule has 0 aliphatic heterocycles. The van der Waals surface area contributed by atoms with Crippen molar-refractivity contribution in [3.05, 3.63) is 0 Å². The second-order valence-corrected chi connectivity index (χ2v) is 3.21. The molecule has 0 saturated heterocycles. The Morgan fingerprint density at radius 3 is 2.00 bits per heavy atom. The highest BCUT2D eigenvalue weighted by molar-refractivity contribution is 5.06. The summed E-state index contributed by atoms with van der Waals surface area (Å²) in [5.41, 5.74) is -0.499. The Bertz CT molecular complexity index is 169. The summed E-state index contributed by atoms with van der Waals surface area (Å²) >= 11 is 0. The molecule has 4 heteroatoms. The van der Waals surface area contributed by atoms with Crippen LogP contribution in [0.3, 0.4) is 0 Å². The maximum atomic E-state index is 9.14. The predicted molar refractivity (Wildman–Crippen MR) is 55.0 cm³/mol. The maximum Gasteiger partial charge on any atom is 0.111 e. The average Bonchev–Trinajstić information content (AvgIpc) is 2.22. The van der Waals surface area contributed by atoms with Crippen molar-refractivity contribution in [1.82, 2.24) is 5.32 Å². The lowest BCUT2D eigenvalue weighted by Crippen LogP contribution is -2.45. The van der Waals surface area contributed by atoms with E-state index in [1.54, 1.807) is 14.2 Å². The van der Waals surface area contributed by atoms with Crippen molar-refractivity contribution in [3.8, 4) is 6.07 Å². The van der Waals surface area contributed by atoms with Crippen LogP contribution >= 0.6 is 0 Å². The summed E-state index contributed by atoms with van der Waals surface area (Å²) in [4.78, 5) is 0. The highest BCUT2D eigenvalue weighted by Gasteiger charge is 2.27. The number of rotatable bonds is 8. The number of nitriles is 1. The molecule has 0 saturated carbocycles. The Hall–Kier alpha value is -0.630. The van der Waals surface area contributed by atoms with Crippen LogP contribution in [0.15, 0.2) is 0 Å². The lowest BCUT2D eigenvalue weighted by molar-refractivity contribution is 0.137. The third-order valence-electron chi connectivity index (χ3n) is 2.20. The van der Waals surface area contributed by atoms with Crippen LogP contribution in [0.4, 0.5) is 0 Å². The molecule has 0 spiro atoms. The zero-order valence-electron chi connectivity index (χ0n) is 9.30. The zero-order chi connectivity index (χ0) is 10.9. The number of hydrogen-bond donors (Lipinski definition) is 1. The number of ether oxygens (including phenoxy) is 2. The summed E-state index contributed by atoms with van der Waals surface area (Å²) in [6.45, 7) is 3.95. The molecule has 0 fully saturated rings. The number of nitrogens with zero attached hydrogens (tertiary/aromatic N) is 1. The van der Waals surface area contributed by atoms with E-state index in [2.05, 4.69) is 11.4 Å². The van der Waals surface area contributed by atoms with Gasteiger partial charge in [-0.05, 0) is 6.54 Å². The van der Waals surface area contributed by atoms with Gasteiger partial charge < -0.3 is 9.47 Å². The van der Waals surface area contributed by atoms with Gasteiger partial charge in [0.2, 0.25) is 0 Å². The monoisotopic (exact) mass is 200 g/mol. The standard InChI is InChI=1S/C10H20N2O2/c1-4-12-10(9-11,5-7-13-2)6-8-14-3/h12H,4-8H2,1-3H3. The average molecular weight is 200 g/mol. The van der Waals surface area contributed by atoms with Gasteiger partial charge in [-0.25, -0.2) is 0 Å².